The minimum Gasteiger partial charge on any atom is -0.481 e. The molecule has 3 rings (SSSR count). The summed E-state index contributed by atoms with van der Waals surface area (Å²) in [6.45, 7) is -0.679. The van der Waals surface area contributed by atoms with E-state index in [1.807, 2.05) is 16.0 Å². The maximum absolute atomic E-state index is 14.1. The second-order valence-electron chi connectivity index (χ2n) is 18.3. The summed E-state index contributed by atoms with van der Waals surface area (Å²) in [6, 6.07) is -9.80. The Morgan fingerprint density at radius 2 is 1.01 bits per heavy atom. The maximum atomic E-state index is 14.1. The van der Waals surface area contributed by atoms with Gasteiger partial charge in [-0.2, -0.15) is 0 Å². The number of carboxylic acids is 6. The molecule has 1 aromatic carbocycles. The van der Waals surface area contributed by atoms with Crippen LogP contribution in [0.2, 0.25) is 0 Å². The van der Waals surface area contributed by atoms with Crippen LogP contribution < -0.4 is 48.7 Å². The van der Waals surface area contributed by atoms with E-state index in [1.165, 1.54) is 11.1 Å². The van der Waals surface area contributed by atoms with Gasteiger partial charge in [0, 0.05) is 42.9 Å². The number of nitrogens with one attached hydrogen (secondary N) is 8. The predicted octanol–water partition coefficient (Wildman–Crippen LogP) is -5.22. The van der Waals surface area contributed by atoms with E-state index in [0.717, 1.165) is 0 Å². The molecule has 1 fully saturated rings. The lowest BCUT2D eigenvalue weighted by atomic mass is 10.0. The van der Waals surface area contributed by atoms with Gasteiger partial charge in [0.15, 0.2) is 0 Å². The number of rotatable bonds is 35. The number of unbranched alkanes of at least 4 members (excludes halogenated alkanes) is 1. The van der Waals surface area contributed by atoms with Gasteiger partial charge < -0.3 is 94.3 Å². The molecule has 0 radical (unpaired) electrons. The summed E-state index contributed by atoms with van der Waals surface area (Å²) in [5, 5.41) is 82.0. The van der Waals surface area contributed by atoms with Gasteiger partial charge in [-0.15, -0.1) is 0 Å². The van der Waals surface area contributed by atoms with E-state index in [-0.39, 0.29) is 19.4 Å². The van der Waals surface area contributed by atoms with Gasteiger partial charge in [0.25, 0.3) is 0 Å². The number of aliphatic hydroxyl groups excluding tert-OH is 1. The Labute approximate surface area is 448 Å². The number of hydrogen-bond donors (Lipinski definition) is 17. The summed E-state index contributed by atoms with van der Waals surface area (Å²) in [4.78, 5) is 184. The second kappa shape index (κ2) is 31.4. The number of carbonyl (C=O) groups is 14. The van der Waals surface area contributed by atoms with Gasteiger partial charge in [0.2, 0.25) is 47.3 Å². The Morgan fingerprint density at radius 1 is 0.570 bits per heavy atom. The van der Waals surface area contributed by atoms with Crippen molar-refractivity contribution in [3.63, 3.8) is 0 Å². The Hall–Kier alpha value is -8.78. The SMILES string of the molecule is NCCCCC(N)C(=O)N1CCCC1C(=O)NC(CC(=O)O)C(=O)NC(CCC(=O)O)C(=O)NC(CC(=O)O)C(=O)NC(CC(=O)O)C(=O)NC(Cc1c[nH]c2ccccc12)C(=O)NC(CCC(=O)O)C(=O)NC(CO)C(=O)O. The first-order chi connectivity index (χ1) is 37.3. The summed E-state index contributed by atoms with van der Waals surface area (Å²) in [6.07, 6.45) is -4.19. The number of fused-ring (bicyclic) bond motifs is 1. The van der Waals surface area contributed by atoms with E-state index in [1.54, 1.807) is 24.3 Å². The fourth-order valence-corrected chi connectivity index (χ4v) is 8.19. The topological polar surface area (TPSA) is 536 Å². The number of amides is 8. The minimum absolute atomic E-state index is 0.0857. The number of aromatic amines is 1. The fourth-order valence-electron chi connectivity index (χ4n) is 8.19. The predicted molar refractivity (Wildman–Crippen MR) is 266 cm³/mol. The molecular formula is C47H65N11O21. The molecule has 79 heavy (non-hydrogen) atoms. The van der Waals surface area contributed by atoms with Gasteiger partial charge >= 0.3 is 35.8 Å². The summed E-state index contributed by atoms with van der Waals surface area (Å²) in [5.74, 6) is -19.9. The zero-order chi connectivity index (χ0) is 59.1. The fraction of sp³-hybridized carbons (Fsp3) is 0.532. The highest BCUT2D eigenvalue weighted by Gasteiger charge is 2.40. The first-order valence-corrected chi connectivity index (χ1v) is 24.6. The molecule has 2 aromatic rings. The molecule has 0 aliphatic carbocycles. The first kappa shape index (κ1) is 64.5. The summed E-state index contributed by atoms with van der Waals surface area (Å²) in [7, 11) is 0. The number of H-pyrrole nitrogens is 1. The average Bonchev–Trinajstić information content (AvgIpc) is 4.04. The maximum Gasteiger partial charge on any atom is 0.328 e. The summed E-state index contributed by atoms with van der Waals surface area (Å²) in [5.41, 5.74) is 12.4. The van der Waals surface area contributed by atoms with E-state index in [2.05, 4.69) is 26.3 Å². The number of para-hydroxylation sites is 1. The second-order valence-corrected chi connectivity index (χ2v) is 18.3. The van der Waals surface area contributed by atoms with Crippen molar-refractivity contribution < 1.29 is 103 Å². The molecule has 0 bridgehead atoms. The highest BCUT2D eigenvalue weighted by molar-refractivity contribution is 6.00. The molecule has 32 nitrogen and oxygen atoms in total. The molecule has 9 atom stereocenters. The Morgan fingerprint density at radius 3 is 1.48 bits per heavy atom. The molecule has 32 heteroatoms. The molecule has 2 heterocycles. The van der Waals surface area contributed by atoms with E-state index in [9.17, 15) is 103 Å². The van der Waals surface area contributed by atoms with Crippen molar-refractivity contribution in [2.75, 3.05) is 19.7 Å². The van der Waals surface area contributed by atoms with Crippen LogP contribution in [-0.2, 0) is 73.5 Å². The molecule has 1 saturated heterocycles. The molecule has 1 aliphatic rings. The molecule has 1 aromatic heterocycles. The zero-order valence-corrected chi connectivity index (χ0v) is 42.3. The highest BCUT2D eigenvalue weighted by Crippen LogP contribution is 2.21. The number of nitrogens with zero attached hydrogens (tertiary/aromatic N) is 1. The quantitative estimate of drug-likeness (QED) is 0.0287. The molecule has 8 amide bonds. The van der Waals surface area contributed by atoms with Crippen molar-refractivity contribution in [2.45, 2.75) is 138 Å². The average molecular weight is 1120 g/mol. The minimum atomic E-state index is -2.27. The number of benzene rings is 1. The third kappa shape index (κ3) is 20.9. The molecule has 0 spiro atoms. The van der Waals surface area contributed by atoms with Gasteiger partial charge in [-0.3, -0.25) is 62.3 Å². The summed E-state index contributed by atoms with van der Waals surface area (Å²) >= 11 is 0. The van der Waals surface area contributed by atoms with Crippen molar-refractivity contribution in [3.8, 4) is 0 Å². The van der Waals surface area contributed by atoms with Crippen molar-refractivity contribution in [1.82, 2.24) is 47.1 Å². The monoisotopic (exact) mass is 1120 g/mol. The Balaban J connectivity index is 1.93. The molecule has 434 valence electrons. The van der Waals surface area contributed by atoms with Gasteiger partial charge in [-0.05, 0) is 56.7 Å². The van der Waals surface area contributed by atoms with Crippen LogP contribution in [0.3, 0.4) is 0 Å². The van der Waals surface area contributed by atoms with Crippen LogP contribution in [0.1, 0.15) is 82.6 Å². The normalized spacial score (nSPS) is 16.0. The highest BCUT2D eigenvalue weighted by atomic mass is 16.4. The molecular weight excluding hydrogens is 1050 g/mol. The number of nitrogens with two attached hydrogens (primary N) is 2. The molecule has 1 aliphatic heterocycles. The lowest BCUT2D eigenvalue weighted by Crippen LogP contribution is -2.61. The van der Waals surface area contributed by atoms with Gasteiger partial charge in [-0.25, -0.2) is 4.79 Å². The van der Waals surface area contributed by atoms with Crippen LogP contribution >= 0.6 is 0 Å². The number of aromatic nitrogens is 1. The standard InChI is InChI=1S/C47H65N11O21/c48-14-4-3-7-24(49)46(77)58-15-5-9-33(58)45(76)56-31(19-38(68)69)42(73)52-26(10-12-34(60)61)39(70)54-29(17-36(64)65)44(75)55-30(18-37(66)67)43(74)53-28(16-22-20-50-25-8-2-1-6-23(22)25)41(72)51-27(11-13-35(62)63)40(71)57-32(21-59)47(78)79/h1-2,6,8,20,24,26-33,50,59H,3-5,7,9-19,21,48-49H2,(H,51,72)(H,52,73)(H,53,74)(H,54,70)(H,55,75)(H,56,76)(H,57,71)(H,60,61)(H,62,63)(H,64,65)(H,66,67)(H,68,69)(H,78,79). The van der Waals surface area contributed by atoms with Crippen LogP contribution in [0.25, 0.3) is 10.9 Å². The van der Waals surface area contributed by atoms with E-state index in [4.69, 9.17) is 11.5 Å². The summed E-state index contributed by atoms with van der Waals surface area (Å²) < 4.78 is 0. The van der Waals surface area contributed by atoms with E-state index < -0.39 is 195 Å². The third-order valence-electron chi connectivity index (χ3n) is 12.2. The third-order valence-corrected chi connectivity index (χ3v) is 12.2. The van der Waals surface area contributed by atoms with E-state index in [0.29, 0.717) is 42.3 Å². The largest absolute Gasteiger partial charge is 0.481 e. The number of carbonyl (C=O) groups excluding carboxylic acids is 8. The lowest BCUT2D eigenvalue weighted by molar-refractivity contribution is -0.144. The van der Waals surface area contributed by atoms with Crippen LogP contribution in [0.5, 0.6) is 0 Å². The van der Waals surface area contributed by atoms with Crippen molar-refractivity contribution in [1.29, 1.82) is 0 Å². The van der Waals surface area contributed by atoms with Gasteiger partial charge in [-0.1, -0.05) is 24.6 Å². The van der Waals surface area contributed by atoms with Crippen LogP contribution in [0, 0.1) is 0 Å². The van der Waals surface area contributed by atoms with Crippen LogP contribution in [-0.4, -0.2) is 203 Å². The Kier molecular flexibility index (Phi) is 25.7. The molecule has 0 saturated carbocycles. The van der Waals surface area contributed by atoms with Crippen molar-refractivity contribution >= 4 is 94.0 Å². The zero-order valence-electron chi connectivity index (χ0n) is 42.3. The number of hydrogen-bond acceptors (Lipinski definition) is 17. The molecule has 9 unspecified atom stereocenters. The van der Waals surface area contributed by atoms with Gasteiger partial charge in [0.05, 0.1) is 31.9 Å². The van der Waals surface area contributed by atoms with Crippen molar-refractivity contribution in [3.05, 3.63) is 36.0 Å². The Bertz CT molecular complexity index is 2590. The number of likely N-dealkylation sites (tertiary alicyclic amines) is 1. The lowest BCUT2D eigenvalue weighted by Gasteiger charge is -2.29. The number of aliphatic carboxylic acids is 6. The first-order valence-electron chi connectivity index (χ1n) is 24.6. The number of aliphatic hydroxyl groups is 1. The smallest absolute Gasteiger partial charge is 0.328 e. The number of carboxylic acid groups (broad SMARTS) is 6. The van der Waals surface area contributed by atoms with Crippen LogP contribution in [0.4, 0.5) is 0 Å². The van der Waals surface area contributed by atoms with Crippen molar-refractivity contribution in [2.24, 2.45) is 11.5 Å². The molecule has 19 N–H and O–H groups in total. The van der Waals surface area contributed by atoms with Crippen LogP contribution in [0.15, 0.2) is 30.5 Å². The van der Waals surface area contributed by atoms with E-state index >= 15 is 0 Å². The van der Waals surface area contributed by atoms with Gasteiger partial charge in [0.1, 0.15) is 48.3 Å².